The average Bonchev–Trinajstić information content (AvgIpc) is 2.48. The fourth-order valence-corrected chi connectivity index (χ4v) is 3.85. The molecule has 1 aliphatic heterocycles. The third kappa shape index (κ3) is 3.04. The molecule has 108 valence electrons. The average molecular weight is 272 g/mol. The normalized spacial score (nSPS) is 27.0. The highest BCUT2D eigenvalue weighted by Crippen LogP contribution is 2.36. The van der Waals surface area contributed by atoms with Crippen LogP contribution in [0.5, 0.6) is 0 Å². The van der Waals surface area contributed by atoms with Crippen molar-refractivity contribution >= 4 is 5.91 Å². The Morgan fingerprint density at radius 3 is 2.50 bits per heavy atom. The van der Waals surface area contributed by atoms with Gasteiger partial charge in [0.05, 0.1) is 0 Å². The number of carbonyl (C=O) groups excluding carboxylic acids is 1. The molecule has 2 atom stereocenters. The molecule has 0 aromatic heterocycles. The Labute approximate surface area is 121 Å². The van der Waals surface area contributed by atoms with Gasteiger partial charge in [0.2, 0.25) is 5.91 Å². The molecule has 1 aromatic carbocycles. The van der Waals surface area contributed by atoms with Crippen LogP contribution < -0.4 is 5.73 Å². The Morgan fingerprint density at radius 2 is 1.80 bits per heavy atom. The topological polar surface area (TPSA) is 46.3 Å². The minimum absolute atomic E-state index is 0.348. The Morgan fingerprint density at radius 1 is 1.10 bits per heavy atom. The molecule has 1 heterocycles. The van der Waals surface area contributed by atoms with Gasteiger partial charge in [-0.25, -0.2) is 0 Å². The Kier molecular flexibility index (Phi) is 4.06. The number of benzene rings is 1. The largest absolute Gasteiger partial charge is 0.366 e. The molecule has 1 aliphatic carbocycles. The molecule has 2 N–H and O–H groups in total. The van der Waals surface area contributed by atoms with E-state index in [9.17, 15) is 4.79 Å². The minimum atomic E-state index is -0.348. The summed E-state index contributed by atoms with van der Waals surface area (Å²) in [5, 5.41) is 0. The molecule has 1 saturated carbocycles. The van der Waals surface area contributed by atoms with Crippen molar-refractivity contribution in [2.24, 2.45) is 17.6 Å². The van der Waals surface area contributed by atoms with Crippen LogP contribution in [0.25, 0.3) is 0 Å². The van der Waals surface area contributed by atoms with Crippen molar-refractivity contribution in [3.05, 3.63) is 35.4 Å². The molecule has 1 amide bonds. The minimum Gasteiger partial charge on any atom is -0.366 e. The van der Waals surface area contributed by atoms with E-state index in [-0.39, 0.29) is 5.91 Å². The molecule has 20 heavy (non-hydrogen) atoms. The molecule has 0 radical (unpaired) electrons. The molecule has 3 nitrogen and oxygen atoms in total. The van der Waals surface area contributed by atoms with Crippen molar-refractivity contribution in [1.29, 1.82) is 0 Å². The lowest BCUT2D eigenvalue weighted by Crippen LogP contribution is -2.41. The molecule has 0 bridgehead atoms. The third-order valence-corrected chi connectivity index (χ3v) is 5.02. The van der Waals surface area contributed by atoms with Crippen LogP contribution in [0.1, 0.15) is 48.0 Å². The summed E-state index contributed by atoms with van der Waals surface area (Å²) in [5.74, 6) is 1.55. The maximum absolute atomic E-state index is 11.1. The van der Waals surface area contributed by atoms with Gasteiger partial charge in [-0.1, -0.05) is 31.4 Å². The van der Waals surface area contributed by atoms with Gasteiger partial charge >= 0.3 is 0 Å². The number of primary amides is 1. The van der Waals surface area contributed by atoms with E-state index in [0.29, 0.717) is 5.56 Å². The first-order chi connectivity index (χ1) is 9.72. The molecule has 2 aliphatic rings. The molecule has 3 rings (SSSR count). The van der Waals surface area contributed by atoms with Crippen LogP contribution in [0, 0.1) is 11.8 Å². The van der Waals surface area contributed by atoms with Crippen molar-refractivity contribution in [2.45, 2.75) is 38.6 Å². The van der Waals surface area contributed by atoms with Crippen LogP contribution in [0.2, 0.25) is 0 Å². The van der Waals surface area contributed by atoms with Crippen molar-refractivity contribution in [3.63, 3.8) is 0 Å². The number of fused-ring (bicyclic) bond motifs is 1. The van der Waals surface area contributed by atoms with E-state index in [2.05, 4.69) is 4.90 Å². The summed E-state index contributed by atoms with van der Waals surface area (Å²) in [5.41, 5.74) is 7.15. The smallest absolute Gasteiger partial charge is 0.248 e. The van der Waals surface area contributed by atoms with E-state index in [1.807, 2.05) is 24.3 Å². The predicted molar refractivity (Wildman–Crippen MR) is 80.3 cm³/mol. The summed E-state index contributed by atoms with van der Waals surface area (Å²) in [6.07, 6.45) is 7.09. The number of amides is 1. The van der Waals surface area contributed by atoms with Crippen LogP contribution in [-0.2, 0) is 6.54 Å². The quantitative estimate of drug-likeness (QED) is 0.919. The first-order valence-electron chi connectivity index (χ1n) is 7.83. The van der Waals surface area contributed by atoms with E-state index < -0.39 is 0 Å². The van der Waals surface area contributed by atoms with Crippen molar-refractivity contribution in [3.8, 4) is 0 Å². The number of carbonyl (C=O) groups is 1. The number of rotatable bonds is 3. The summed E-state index contributed by atoms with van der Waals surface area (Å²) in [6, 6.07) is 7.75. The summed E-state index contributed by atoms with van der Waals surface area (Å²) in [6.45, 7) is 3.48. The number of likely N-dealkylation sites (tertiary alicyclic amines) is 1. The molecule has 2 unspecified atom stereocenters. The molecule has 1 saturated heterocycles. The fraction of sp³-hybridized carbons (Fsp3) is 0.588. The first-order valence-corrected chi connectivity index (χ1v) is 7.83. The van der Waals surface area contributed by atoms with Gasteiger partial charge in [0.25, 0.3) is 0 Å². The summed E-state index contributed by atoms with van der Waals surface area (Å²) >= 11 is 0. The molecule has 1 aromatic rings. The van der Waals surface area contributed by atoms with Crippen molar-refractivity contribution in [1.82, 2.24) is 4.90 Å². The predicted octanol–water partition coefficient (Wildman–Crippen LogP) is 2.80. The second-order valence-corrected chi connectivity index (χ2v) is 6.39. The van der Waals surface area contributed by atoms with E-state index in [4.69, 9.17) is 5.73 Å². The Bertz CT molecular complexity index is 468. The summed E-state index contributed by atoms with van der Waals surface area (Å²) in [7, 11) is 0. The zero-order chi connectivity index (χ0) is 13.9. The highest BCUT2D eigenvalue weighted by molar-refractivity contribution is 5.92. The number of piperidine rings is 1. The van der Waals surface area contributed by atoms with Gasteiger partial charge in [-0.2, -0.15) is 0 Å². The Hall–Kier alpha value is -1.35. The highest BCUT2D eigenvalue weighted by Gasteiger charge is 2.30. The van der Waals surface area contributed by atoms with Gasteiger partial charge in [0, 0.05) is 18.7 Å². The van der Waals surface area contributed by atoms with Gasteiger partial charge < -0.3 is 5.73 Å². The zero-order valence-electron chi connectivity index (χ0n) is 12.1. The first kappa shape index (κ1) is 13.6. The number of nitrogens with zero attached hydrogens (tertiary/aromatic N) is 1. The van der Waals surface area contributed by atoms with Gasteiger partial charge in [-0.3, -0.25) is 9.69 Å². The van der Waals surface area contributed by atoms with Crippen molar-refractivity contribution in [2.75, 3.05) is 13.1 Å². The highest BCUT2D eigenvalue weighted by atomic mass is 16.1. The van der Waals surface area contributed by atoms with Gasteiger partial charge in [0.15, 0.2) is 0 Å². The zero-order valence-corrected chi connectivity index (χ0v) is 12.1. The second kappa shape index (κ2) is 5.96. The molecular formula is C17H24N2O. The van der Waals surface area contributed by atoms with Crippen LogP contribution in [-0.4, -0.2) is 23.9 Å². The van der Waals surface area contributed by atoms with E-state index in [1.54, 1.807) is 0 Å². The van der Waals surface area contributed by atoms with Gasteiger partial charge in [-0.15, -0.1) is 0 Å². The Balaban J connectivity index is 1.59. The number of hydrogen-bond acceptors (Lipinski definition) is 2. The van der Waals surface area contributed by atoms with Crippen LogP contribution in [0.15, 0.2) is 24.3 Å². The second-order valence-electron chi connectivity index (χ2n) is 6.39. The van der Waals surface area contributed by atoms with E-state index in [1.165, 1.54) is 50.8 Å². The molecule has 0 spiro atoms. The monoisotopic (exact) mass is 272 g/mol. The lowest BCUT2D eigenvalue weighted by molar-refractivity contribution is 0.0820. The van der Waals surface area contributed by atoms with Crippen molar-refractivity contribution < 1.29 is 4.79 Å². The van der Waals surface area contributed by atoms with Crippen LogP contribution >= 0.6 is 0 Å². The maximum atomic E-state index is 11.1. The standard InChI is InChI=1S/C17H24N2O/c18-17(20)15-7-5-13(6-8-15)11-19-10-9-14-3-1-2-4-16(14)12-19/h5-8,14,16H,1-4,9-12H2,(H2,18,20). The van der Waals surface area contributed by atoms with E-state index in [0.717, 1.165) is 18.4 Å². The number of hydrogen-bond donors (Lipinski definition) is 1. The lowest BCUT2D eigenvalue weighted by atomic mass is 9.75. The molecule has 2 fully saturated rings. The molecular weight excluding hydrogens is 248 g/mol. The van der Waals surface area contributed by atoms with E-state index >= 15 is 0 Å². The maximum Gasteiger partial charge on any atom is 0.248 e. The SMILES string of the molecule is NC(=O)c1ccc(CN2CCC3CCCCC3C2)cc1. The fourth-order valence-electron chi connectivity index (χ4n) is 3.85. The lowest BCUT2D eigenvalue weighted by Gasteiger charge is -2.41. The summed E-state index contributed by atoms with van der Waals surface area (Å²) in [4.78, 5) is 13.6. The van der Waals surface area contributed by atoms with Crippen LogP contribution in [0.4, 0.5) is 0 Å². The number of nitrogens with two attached hydrogens (primary N) is 1. The summed E-state index contributed by atoms with van der Waals surface area (Å²) < 4.78 is 0. The third-order valence-electron chi connectivity index (χ3n) is 5.02. The van der Waals surface area contributed by atoms with Gasteiger partial charge in [-0.05, 0) is 48.9 Å². The molecule has 3 heteroatoms. The van der Waals surface area contributed by atoms with Gasteiger partial charge in [0.1, 0.15) is 0 Å². The van der Waals surface area contributed by atoms with Crippen LogP contribution in [0.3, 0.4) is 0 Å².